The van der Waals surface area contributed by atoms with E-state index in [1.54, 1.807) is 0 Å². The van der Waals surface area contributed by atoms with E-state index < -0.39 is 0 Å². The Morgan fingerprint density at radius 2 is 2.31 bits per heavy atom. The third kappa shape index (κ3) is 2.12. The quantitative estimate of drug-likeness (QED) is 0.870. The van der Waals surface area contributed by atoms with Crippen molar-refractivity contribution in [1.82, 2.24) is 5.32 Å². The van der Waals surface area contributed by atoms with Crippen molar-refractivity contribution in [2.75, 3.05) is 18.9 Å². The first kappa shape index (κ1) is 10.6. The van der Waals surface area contributed by atoms with Crippen LogP contribution in [0.5, 0.6) is 0 Å². The molecule has 0 saturated carbocycles. The van der Waals surface area contributed by atoms with E-state index in [4.69, 9.17) is 4.74 Å². The lowest BCUT2D eigenvalue weighted by Gasteiger charge is -2.16. The highest BCUT2D eigenvalue weighted by molar-refractivity contribution is 7.99. The van der Waals surface area contributed by atoms with Crippen LogP contribution < -0.4 is 5.32 Å². The molecule has 0 radical (unpaired) electrons. The van der Waals surface area contributed by atoms with Crippen LogP contribution in [0.1, 0.15) is 24.4 Å². The van der Waals surface area contributed by atoms with Gasteiger partial charge < -0.3 is 10.1 Å². The lowest BCUT2D eigenvalue weighted by Crippen LogP contribution is -2.30. The molecule has 3 heteroatoms. The van der Waals surface area contributed by atoms with Crippen molar-refractivity contribution in [2.45, 2.75) is 29.9 Å². The summed E-state index contributed by atoms with van der Waals surface area (Å²) >= 11 is 1.96. The second-order valence-corrected chi connectivity index (χ2v) is 5.51. The molecule has 1 fully saturated rings. The van der Waals surface area contributed by atoms with E-state index in [2.05, 4.69) is 29.6 Å². The van der Waals surface area contributed by atoms with Crippen molar-refractivity contribution in [3.63, 3.8) is 0 Å². The average molecular weight is 235 g/mol. The van der Waals surface area contributed by atoms with Crippen LogP contribution in [0.3, 0.4) is 0 Å². The van der Waals surface area contributed by atoms with E-state index in [0.29, 0.717) is 12.1 Å². The van der Waals surface area contributed by atoms with Gasteiger partial charge in [0, 0.05) is 29.8 Å². The monoisotopic (exact) mass is 235 g/mol. The molecule has 2 atom stereocenters. The fourth-order valence-corrected chi connectivity index (χ4v) is 3.61. The average Bonchev–Trinajstić information content (AvgIpc) is 2.96. The zero-order valence-electron chi connectivity index (χ0n) is 9.32. The molecule has 2 aliphatic rings. The molecule has 3 rings (SSSR count). The fraction of sp³-hybridized carbons (Fsp3) is 0.538. The van der Waals surface area contributed by atoms with E-state index in [9.17, 15) is 0 Å². The summed E-state index contributed by atoms with van der Waals surface area (Å²) in [6.07, 6.45) is 2.88. The Hall–Kier alpha value is -0.510. The van der Waals surface area contributed by atoms with Crippen LogP contribution in [0.4, 0.5) is 0 Å². The Balaban J connectivity index is 1.60. The van der Waals surface area contributed by atoms with Crippen molar-refractivity contribution < 1.29 is 4.74 Å². The lowest BCUT2D eigenvalue weighted by atomic mass is 10.1. The Kier molecular flexibility index (Phi) is 3.18. The topological polar surface area (TPSA) is 21.3 Å². The zero-order chi connectivity index (χ0) is 10.8. The Morgan fingerprint density at radius 1 is 1.38 bits per heavy atom. The van der Waals surface area contributed by atoms with Gasteiger partial charge in [-0.25, -0.2) is 0 Å². The minimum atomic E-state index is 0.442. The Bertz CT molecular complexity index is 363. The predicted molar refractivity (Wildman–Crippen MR) is 66.9 cm³/mol. The maximum atomic E-state index is 5.63. The highest BCUT2D eigenvalue weighted by Crippen LogP contribution is 2.37. The number of thioether (sulfide) groups is 1. The first-order valence-corrected chi connectivity index (χ1v) is 6.99. The predicted octanol–water partition coefficient (Wildman–Crippen LogP) is 2.60. The zero-order valence-corrected chi connectivity index (χ0v) is 10.1. The number of rotatable bonds is 3. The number of ether oxygens (including phenoxy) is 1. The van der Waals surface area contributed by atoms with Crippen molar-refractivity contribution >= 4 is 11.8 Å². The molecule has 0 aliphatic carbocycles. The summed E-state index contributed by atoms with van der Waals surface area (Å²) in [6, 6.07) is 9.22. The maximum Gasteiger partial charge on any atom is 0.0700 e. The van der Waals surface area contributed by atoms with Gasteiger partial charge in [-0.3, -0.25) is 0 Å². The highest BCUT2D eigenvalue weighted by Gasteiger charge is 2.24. The summed E-state index contributed by atoms with van der Waals surface area (Å²) in [7, 11) is 0. The normalized spacial score (nSPS) is 28.2. The van der Waals surface area contributed by atoms with E-state index in [1.807, 2.05) is 11.8 Å². The number of hydrogen-bond acceptors (Lipinski definition) is 3. The molecule has 0 amide bonds. The summed E-state index contributed by atoms with van der Waals surface area (Å²) in [5.41, 5.74) is 1.46. The molecule has 0 aromatic heterocycles. The smallest absolute Gasteiger partial charge is 0.0700 e. The number of nitrogens with one attached hydrogen (secondary N) is 1. The molecular formula is C13H17NOS. The van der Waals surface area contributed by atoms with Gasteiger partial charge in [0.05, 0.1) is 6.10 Å². The van der Waals surface area contributed by atoms with E-state index in [-0.39, 0.29) is 0 Å². The van der Waals surface area contributed by atoms with Gasteiger partial charge in [0.15, 0.2) is 0 Å². The molecule has 0 bridgehead atoms. The van der Waals surface area contributed by atoms with Crippen LogP contribution in [0, 0.1) is 0 Å². The minimum Gasteiger partial charge on any atom is -0.377 e. The second-order valence-electron chi connectivity index (χ2n) is 4.44. The Morgan fingerprint density at radius 3 is 3.19 bits per heavy atom. The molecule has 1 aromatic rings. The molecule has 1 aromatic carbocycles. The van der Waals surface area contributed by atoms with Crippen LogP contribution in [0.2, 0.25) is 0 Å². The van der Waals surface area contributed by atoms with Crippen LogP contribution in [0.25, 0.3) is 0 Å². The molecule has 1 N–H and O–H groups in total. The van der Waals surface area contributed by atoms with Crippen molar-refractivity contribution in [3.05, 3.63) is 29.8 Å². The van der Waals surface area contributed by atoms with E-state index in [1.165, 1.54) is 23.3 Å². The van der Waals surface area contributed by atoms with Crippen molar-refractivity contribution in [1.29, 1.82) is 0 Å². The van der Waals surface area contributed by atoms with Gasteiger partial charge in [-0.05, 0) is 24.5 Å². The molecule has 2 unspecified atom stereocenters. The molecule has 0 spiro atoms. The third-order valence-corrected chi connectivity index (χ3v) is 4.50. The van der Waals surface area contributed by atoms with E-state index in [0.717, 1.165) is 18.9 Å². The summed E-state index contributed by atoms with van der Waals surface area (Å²) in [5.74, 6) is 1.16. The largest absolute Gasteiger partial charge is 0.377 e. The van der Waals surface area contributed by atoms with E-state index >= 15 is 0 Å². The molecule has 86 valence electrons. The molecule has 1 saturated heterocycles. The van der Waals surface area contributed by atoms with Gasteiger partial charge >= 0.3 is 0 Å². The van der Waals surface area contributed by atoms with Crippen LogP contribution in [0.15, 0.2) is 29.2 Å². The summed E-state index contributed by atoms with van der Waals surface area (Å²) in [5, 5.41) is 3.63. The number of fused-ring (bicyclic) bond motifs is 1. The summed E-state index contributed by atoms with van der Waals surface area (Å²) < 4.78 is 5.63. The van der Waals surface area contributed by atoms with Gasteiger partial charge in [0.1, 0.15) is 0 Å². The molecular weight excluding hydrogens is 218 g/mol. The molecule has 2 nitrogen and oxygen atoms in total. The first-order chi connectivity index (χ1) is 7.93. The van der Waals surface area contributed by atoms with Gasteiger partial charge in [0.25, 0.3) is 0 Å². The fourth-order valence-electron chi connectivity index (χ4n) is 2.41. The van der Waals surface area contributed by atoms with Gasteiger partial charge in [-0.2, -0.15) is 0 Å². The van der Waals surface area contributed by atoms with Crippen LogP contribution >= 0.6 is 11.8 Å². The SMILES string of the molecule is c1ccc2c(c1)SCC2NCC1CCCO1. The third-order valence-electron chi connectivity index (χ3n) is 3.32. The van der Waals surface area contributed by atoms with Crippen molar-refractivity contribution in [2.24, 2.45) is 0 Å². The van der Waals surface area contributed by atoms with Crippen LogP contribution in [-0.2, 0) is 4.74 Å². The van der Waals surface area contributed by atoms with Crippen molar-refractivity contribution in [3.8, 4) is 0 Å². The highest BCUT2D eigenvalue weighted by atomic mass is 32.2. The number of benzene rings is 1. The molecule has 16 heavy (non-hydrogen) atoms. The Labute approximate surface area is 101 Å². The van der Waals surface area contributed by atoms with Gasteiger partial charge in [-0.1, -0.05) is 18.2 Å². The van der Waals surface area contributed by atoms with Crippen LogP contribution in [-0.4, -0.2) is 25.0 Å². The van der Waals surface area contributed by atoms with Gasteiger partial charge in [-0.15, -0.1) is 11.8 Å². The second kappa shape index (κ2) is 4.78. The standard InChI is InChI=1S/C13H17NOS/c1-2-6-13-11(5-1)12(9-16-13)14-8-10-4-3-7-15-10/h1-2,5-6,10,12,14H,3-4,7-9H2. The maximum absolute atomic E-state index is 5.63. The summed E-state index contributed by atoms with van der Waals surface area (Å²) in [4.78, 5) is 1.44. The minimum absolute atomic E-state index is 0.442. The molecule has 2 heterocycles. The number of hydrogen-bond donors (Lipinski definition) is 1. The lowest BCUT2D eigenvalue weighted by molar-refractivity contribution is 0.108. The molecule has 2 aliphatic heterocycles. The van der Waals surface area contributed by atoms with Gasteiger partial charge in [0.2, 0.25) is 0 Å². The first-order valence-electron chi connectivity index (χ1n) is 6.00. The summed E-state index contributed by atoms with van der Waals surface area (Å²) in [6.45, 7) is 1.95.